The lowest BCUT2D eigenvalue weighted by Gasteiger charge is -2.09. The van der Waals surface area contributed by atoms with E-state index in [1.54, 1.807) is 0 Å². The van der Waals surface area contributed by atoms with Crippen molar-refractivity contribution in [3.8, 4) is 0 Å². The zero-order valence-corrected chi connectivity index (χ0v) is 11.5. The Kier molecular flexibility index (Phi) is 3.99. The van der Waals surface area contributed by atoms with Gasteiger partial charge >= 0.3 is 0 Å². The van der Waals surface area contributed by atoms with E-state index in [-0.39, 0.29) is 15.7 Å². The van der Waals surface area contributed by atoms with Crippen molar-refractivity contribution in [3.63, 3.8) is 0 Å². The van der Waals surface area contributed by atoms with Crippen molar-refractivity contribution < 1.29 is 18.0 Å². The van der Waals surface area contributed by atoms with E-state index in [1.807, 2.05) is 5.32 Å². The third-order valence-electron chi connectivity index (χ3n) is 2.48. The summed E-state index contributed by atoms with van der Waals surface area (Å²) >= 11 is 2.91. The number of carbonyl (C=O) groups excluding carboxylic acids is 1. The molecular formula is C13H8BrF3N2O. The van der Waals surface area contributed by atoms with Gasteiger partial charge in [-0.1, -0.05) is 15.9 Å². The van der Waals surface area contributed by atoms with Crippen LogP contribution in [-0.4, -0.2) is 5.91 Å². The van der Waals surface area contributed by atoms with Crippen molar-refractivity contribution in [1.29, 1.82) is 0 Å². The number of anilines is 2. The third-order valence-corrected chi connectivity index (χ3v) is 2.94. The number of hydrogen-bond donors (Lipinski definition) is 2. The van der Waals surface area contributed by atoms with Crippen LogP contribution < -0.4 is 11.1 Å². The van der Waals surface area contributed by atoms with Gasteiger partial charge in [0.2, 0.25) is 0 Å². The van der Waals surface area contributed by atoms with Crippen molar-refractivity contribution in [2.75, 3.05) is 11.1 Å². The molecule has 3 N–H and O–H groups in total. The van der Waals surface area contributed by atoms with Gasteiger partial charge in [0, 0.05) is 10.2 Å². The normalized spacial score (nSPS) is 10.4. The molecule has 3 nitrogen and oxygen atoms in total. The molecule has 0 heterocycles. The van der Waals surface area contributed by atoms with Crippen LogP contribution >= 0.6 is 15.9 Å². The summed E-state index contributed by atoms with van der Waals surface area (Å²) in [7, 11) is 0. The minimum absolute atomic E-state index is 0.139. The highest BCUT2D eigenvalue weighted by molar-refractivity contribution is 9.10. The number of rotatable bonds is 2. The molecule has 0 aliphatic carbocycles. The molecule has 0 bridgehead atoms. The smallest absolute Gasteiger partial charge is 0.258 e. The van der Waals surface area contributed by atoms with Crippen LogP contribution in [0.1, 0.15) is 10.4 Å². The van der Waals surface area contributed by atoms with E-state index >= 15 is 0 Å². The monoisotopic (exact) mass is 344 g/mol. The van der Waals surface area contributed by atoms with Gasteiger partial charge in [-0.2, -0.15) is 0 Å². The van der Waals surface area contributed by atoms with Crippen LogP contribution in [0.5, 0.6) is 0 Å². The first-order valence-electron chi connectivity index (χ1n) is 5.39. The Balaban J connectivity index is 2.33. The lowest BCUT2D eigenvalue weighted by atomic mass is 10.1. The van der Waals surface area contributed by atoms with E-state index in [4.69, 9.17) is 5.73 Å². The van der Waals surface area contributed by atoms with Crippen molar-refractivity contribution in [1.82, 2.24) is 0 Å². The molecule has 2 aromatic rings. The summed E-state index contributed by atoms with van der Waals surface area (Å²) in [6, 6.07) is 5.36. The van der Waals surface area contributed by atoms with Crippen LogP contribution in [0.3, 0.4) is 0 Å². The molecule has 20 heavy (non-hydrogen) atoms. The van der Waals surface area contributed by atoms with Crippen molar-refractivity contribution in [2.24, 2.45) is 0 Å². The first-order valence-corrected chi connectivity index (χ1v) is 6.18. The van der Waals surface area contributed by atoms with Crippen molar-refractivity contribution in [2.45, 2.75) is 0 Å². The van der Waals surface area contributed by atoms with E-state index < -0.39 is 29.0 Å². The summed E-state index contributed by atoms with van der Waals surface area (Å²) in [5.74, 6) is -3.79. The predicted molar refractivity (Wildman–Crippen MR) is 72.8 cm³/mol. The lowest BCUT2D eigenvalue weighted by molar-refractivity contribution is 0.102. The lowest BCUT2D eigenvalue weighted by Crippen LogP contribution is -2.16. The van der Waals surface area contributed by atoms with Gasteiger partial charge in [0.1, 0.15) is 11.5 Å². The molecule has 0 atom stereocenters. The molecule has 7 heteroatoms. The number of amides is 1. The average molecular weight is 345 g/mol. The number of carbonyl (C=O) groups is 1. The molecule has 2 aromatic carbocycles. The first kappa shape index (κ1) is 14.4. The minimum atomic E-state index is -0.971. The topological polar surface area (TPSA) is 55.1 Å². The maximum absolute atomic E-state index is 13.6. The molecule has 0 spiro atoms. The standard InChI is InChI=1S/C13H8BrF3N2O/c14-6-3-10(16)12(11(17)4-6)19-13(20)8-2-1-7(18)5-9(8)15/h1-5H,18H2,(H,19,20). The predicted octanol–water partition coefficient (Wildman–Crippen LogP) is 3.70. The molecule has 0 aromatic heterocycles. The van der Waals surface area contributed by atoms with E-state index in [1.165, 1.54) is 6.07 Å². The Morgan fingerprint density at radius 1 is 1.05 bits per heavy atom. The zero-order valence-electron chi connectivity index (χ0n) is 9.88. The number of nitrogens with one attached hydrogen (secondary N) is 1. The van der Waals surface area contributed by atoms with Crippen molar-refractivity contribution >= 4 is 33.2 Å². The quantitative estimate of drug-likeness (QED) is 0.816. The van der Waals surface area contributed by atoms with Gasteiger partial charge in [0.15, 0.2) is 11.6 Å². The maximum Gasteiger partial charge on any atom is 0.258 e. The van der Waals surface area contributed by atoms with E-state index in [9.17, 15) is 18.0 Å². The van der Waals surface area contributed by atoms with Crippen LogP contribution in [0.25, 0.3) is 0 Å². The van der Waals surface area contributed by atoms with Crippen LogP contribution in [0.4, 0.5) is 24.5 Å². The summed E-state index contributed by atoms with van der Waals surface area (Å²) in [6.45, 7) is 0. The molecule has 1 amide bonds. The second-order valence-corrected chi connectivity index (χ2v) is 4.85. The van der Waals surface area contributed by atoms with Crippen LogP contribution in [0.2, 0.25) is 0 Å². The van der Waals surface area contributed by atoms with Gasteiger partial charge < -0.3 is 11.1 Å². The van der Waals surface area contributed by atoms with Crippen LogP contribution in [0, 0.1) is 17.5 Å². The van der Waals surface area contributed by atoms with E-state index in [0.29, 0.717) is 0 Å². The average Bonchev–Trinajstić information content (AvgIpc) is 2.33. The Morgan fingerprint density at radius 3 is 2.20 bits per heavy atom. The van der Waals surface area contributed by atoms with Crippen LogP contribution in [-0.2, 0) is 0 Å². The number of nitrogens with two attached hydrogens (primary N) is 1. The van der Waals surface area contributed by atoms with Crippen molar-refractivity contribution in [3.05, 3.63) is 57.8 Å². The maximum atomic E-state index is 13.6. The van der Waals surface area contributed by atoms with Gasteiger partial charge in [0.25, 0.3) is 5.91 Å². The summed E-state index contributed by atoms with van der Waals surface area (Å²) < 4.78 is 40.8. The minimum Gasteiger partial charge on any atom is -0.399 e. The first-order chi connectivity index (χ1) is 9.38. The van der Waals surface area contributed by atoms with Gasteiger partial charge in [-0.05, 0) is 30.3 Å². The molecule has 104 valence electrons. The highest BCUT2D eigenvalue weighted by Crippen LogP contribution is 2.24. The SMILES string of the molecule is Nc1ccc(C(=O)Nc2c(F)cc(Br)cc2F)c(F)c1. The van der Waals surface area contributed by atoms with E-state index in [0.717, 1.165) is 24.3 Å². The largest absolute Gasteiger partial charge is 0.399 e. The second-order valence-electron chi connectivity index (χ2n) is 3.94. The molecule has 0 saturated heterocycles. The Hall–Kier alpha value is -2.02. The summed E-state index contributed by atoms with van der Waals surface area (Å²) in [5.41, 5.74) is 4.48. The molecule has 2 rings (SSSR count). The summed E-state index contributed by atoms with van der Waals surface area (Å²) in [4.78, 5) is 11.8. The Labute approximate surface area is 120 Å². The highest BCUT2D eigenvalue weighted by Gasteiger charge is 2.17. The molecule has 0 fully saturated rings. The van der Waals surface area contributed by atoms with Crippen LogP contribution in [0.15, 0.2) is 34.8 Å². The number of benzene rings is 2. The van der Waals surface area contributed by atoms with Gasteiger partial charge in [0.05, 0.1) is 5.56 Å². The third kappa shape index (κ3) is 2.93. The number of nitrogen functional groups attached to an aromatic ring is 1. The Bertz CT molecular complexity index is 668. The van der Waals surface area contributed by atoms with Gasteiger partial charge in [-0.3, -0.25) is 4.79 Å². The molecule has 0 aliphatic heterocycles. The highest BCUT2D eigenvalue weighted by atomic mass is 79.9. The summed E-state index contributed by atoms with van der Waals surface area (Å²) in [6.07, 6.45) is 0. The van der Waals surface area contributed by atoms with Gasteiger partial charge in [-0.25, -0.2) is 13.2 Å². The number of halogens is 4. The molecule has 0 aliphatic rings. The van der Waals surface area contributed by atoms with Gasteiger partial charge in [-0.15, -0.1) is 0 Å². The fraction of sp³-hybridized carbons (Fsp3) is 0. The zero-order chi connectivity index (χ0) is 14.9. The second kappa shape index (κ2) is 5.54. The molecule has 0 unspecified atom stereocenters. The fourth-order valence-corrected chi connectivity index (χ4v) is 1.96. The van der Waals surface area contributed by atoms with E-state index in [2.05, 4.69) is 15.9 Å². The molecule has 0 radical (unpaired) electrons. The molecular weight excluding hydrogens is 337 g/mol. The summed E-state index contributed by atoms with van der Waals surface area (Å²) in [5, 5.41) is 1.99. The number of hydrogen-bond acceptors (Lipinski definition) is 2. The molecule has 0 saturated carbocycles. The fourth-order valence-electron chi connectivity index (χ4n) is 1.56. The Morgan fingerprint density at radius 2 is 1.65 bits per heavy atom.